The maximum Gasteiger partial charge on any atom is 0.263 e. The molecule has 4 nitrogen and oxygen atoms in total. The molecule has 0 radical (unpaired) electrons. The molecule has 0 saturated carbocycles. The van der Waals surface area contributed by atoms with Crippen molar-refractivity contribution in [2.24, 2.45) is 0 Å². The van der Waals surface area contributed by atoms with Crippen molar-refractivity contribution < 1.29 is 14.7 Å². The quantitative estimate of drug-likeness (QED) is 0.860. The van der Waals surface area contributed by atoms with Crippen molar-refractivity contribution in [3.63, 3.8) is 0 Å². The molecule has 4 heteroatoms. The molecule has 0 spiro atoms. The second-order valence-corrected chi connectivity index (χ2v) is 4.77. The van der Waals surface area contributed by atoms with Crippen molar-refractivity contribution in [3.8, 4) is 0 Å². The summed E-state index contributed by atoms with van der Waals surface area (Å²) in [5.41, 5.74) is 1.93. The summed E-state index contributed by atoms with van der Waals surface area (Å²) >= 11 is 0. The Hall–Kier alpha value is -2.72. The molecule has 2 aromatic carbocycles. The molecule has 3 rings (SSSR count). The fraction of sp³-hybridized carbons (Fsp3) is 0.0588. The minimum atomic E-state index is -1.26. The van der Waals surface area contributed by atoms with Crippen LogP contribution in [0.3, 0.4) is 0 Å². The van der Waals surface area contributed by atoms with Gasteiger partial charge in [-0.2, -0.15) is 0 Å². The number of aliphatic hydroxyl groups excluding tert-OH is 1. The number of amides is 2. The first-order chi connectivity index (χ1) is 10.1. The van der Waals surface area contributed by atoms with Crippen LogP contribution in [-0.4, -0.2) is 21.8 Å². The van der Waals surface area contributed by atoms with Crippen LogP contribution in [0.5, 0.6) is 0 Å². The van der Waals surface area contributed by atoms with E-state index in [1.165, 1.54) is 0 Å². The van der Waals surface area contributed by atoms with E-state index in [0.29, 0.717) is 16.7 Å². The van der Waals surface area contributed by atoms with Crippen LogP contribution in [0.25, 0.3) is 6.08 Å². The van der Waals surface area contributed by atoms with Gasteiger partial charge < -0.3 is 5.11 Å². The van der Waals surface area contributed by atoms with Gasteiger partial charge in [0.2, 0.25) is 0 Å². The van der Waals surface area contributed by atoms with E-state index in [2.05, 4.69) is 6.58 Å². The Morgan fingerprint density at radius 3 is 2.57 bits per heavy atom. The fourth-order valence-electron chi connectivity index (χ4n) is 2.42. The molecule has 0 aromatic heterocycles. The zero-order valence-electron chi connectivity index (χ0n) is 11.2. The number of rotatable bonds is 2. The summed E-state index contributed by atoms with van der Waals surface area (Å²) in [6, 6.07) is 13.4. The molecular weight excluding hydrogens is 266 g/mol. The second kappa shape index (κ2) is 5.00. The Morgan fingerprint density at radius 1 is 1.19 bits per heavy atom. The highest BCUT2D eigenvalue weighted by Gasteiger charge is 2.39. The standard InChI is InChI=1S/C17H13NO3/c1-2-11-8-9-13-14(10-11)17(21)18(16(13)20)15(19)12-6-4-3-5-7-12/h2-10,17,21H,1H2. The van der Waals surface area contributed by atoms with E-state index in [1.54, 1.807) is 54.6 Å². The lowest BCUT2D eigenvalue weighted by molar-refractivity contribution is 0.0176. The molecule has 0 fully saturated rings. The Bertz CT molecular complexity index is 737. The highest BCUT2D eigenvalue weighted by molar-refractivity contribution is 6.13. The van der Waals surface area contributed by atoms with E-state index in [4.69, 9.17) is 0 Å². The van der Waals surface area contributed by atoms with Crippen molar-refractivity contribution in [2.75, 3.05) is 0 Å². The van der Waals surface area contributed by atoms with Crippen molar-refractivity contribution >= 4 is 17.9 Å². The molecule has 2 amide bonds. The van der Waals surface area contributed by atoms with E-state index in [0.717, 1.165) is 10.5 Å². The molecule has 104 valence electrons. The van der Waals surface area contributed by atoms with Crippen molar-refractivity contribution in [1.82, 2.24) is 4.90 Å². The molecule has 1 aliphatic rings. The number of fused-ring (bicyclic) bond motifs is 1. The number of imide groups is 1. The molecule has 1 atom stereocenters. The highest BCUT2D eigenvalue weighted by Crippen LogP contribution is 2.33. The van der Waals surface area contributed by atoms with E-state index < -0.39 is 18.0 Å². The van der Waals surface area contributed by atoms with Crippen molar-refractivity contribution in [2.45, 2.75) is 6.23 Å². The first-order valence-electron chi connectivity index (χ1n) is 6.51. The monoisotopic (exact) mass is 279 g/mol. The molecule has 1 N–H and O–H groups in total. The topological polar surface area (TPSA) is 57.6 Å². The second-order valence-electron chi connectivity index (χ2n) is 4.77. The first-order valence-corrected chi connectivity index (χ1v) is 6.51. The maximum absolute atomic E-state index is 12.4. The molecule has 1 heterocycles. The molecule has 21 heavy (non-hydrogen) atoms. The summed E-state index contributed by atoms with van der Waals surface area (Å²) in [6.07, 6.45) is 0.360. The number of nitrogens with zero attached hydrogens (tertiary/aromatic N) is 1. The molecule has 1 unspecified atom stereocenters. The van der Waals surface area contributed by atoms with Crippen LogP contribution in [0.15, 0.2) is 55.1 Å². The van der Waals surface area contributed by atoms with Gasteiger partial charge in [-0.1, -0.05) is 36.9 Å². The highest BCUT2D eigenvalue weighted by atomic mass is 16.3. The van der Waals surface area contributed by atoms with E-state index in [1.807, 2.05) is 0 Å². The number of carbonyl (C=O) groups excluding carboxylic acids is 2. The smallest absolute Gasteiger partial charge is 0.263 e. The minimum absolute atomic E-state index is 0.345. The van der Waals surface area contributed by atoms with Crippen molar-refractivity contribution in [3.05, 3.63) is 77.4 Å². The summed E-state index contributed by atoms with van der Waals surface area (Å²) in [4.78, 5) is 25.6. The Kier molecular flexibility index (Phi) is 3.16. The van der Waals surface area contributed by atoms with Crippen LogP contribution >= 0.6 is 0 Å². The predicted octanol–water partition coefficient (Wildman–Crippen LogP) is 2.62. The van der Waals surface area contributed by atoms with Crippen LogP contribution < -0.4 is 0 Å². The SMILES string of the molecule is C=Cc1ccc2c(c1)C(O)N(C(=O)c1ccccc1)C2=O. The van der Waals surface area contributed by atoms with Gasteiger partial charge in [-0.3, -0.25) is 9.59 Å². The fourth-order valence-corrected chi connectivity index (χ4v) is 2.42. The lowest BCUT2D eigenvalue weighted by atomic mass is 10.1. The zero-order chi connectivity index (χ0) is 15.0. The molecule has 1 aliphatic heterocycles. The average Bonchev–Trinajstić information content (AvgIpc) is 2.78. The summed E-state index contributed by atoms with van der Waals surface area (Å²) in [7, 11) is 0. The van der Waals surface area contributed by atoms with Gasteiger partial charge in [0.1, 0.15) is 0 Å². The van der Waals surface area contributed by atoms with E-state index >= 15 is 0 Å². The summed E-state index contributed by atoms with van der Waals surface area (Å²) in [5, 5.41) is 10.3. The number of aliphatic hydroxyl groups is 1. The first kappa shape index (κ1) is 13.3. The molecule has 2 aromatic rings. The molecule has 0 aliphatic carbocycles. The van der Waals surface area contributed by atoms with Crippen molar-refractivity contribution in [1.29, 1.82) is 0 Å². The molecule has 0 saturated heterocycles. The summed E-state index contributed by atoms with van der Waals surface area (Å²) in [6.45, 7) is 3.66. The van der Waals surface area contributed by atoms with Gasteiger partial charge in [-0.15, -0.1) is 0 Å². The third-order valence-corrected chi connectivity index (χ3v) is 3.52. The van der Waals surface area contributed by atoms with Crippen LogP contribution in [0.1, 0.15) is 38.1 Å². The largest absolute Gasteiger partial charge is 0.369 e. The summed E-state index contributed by atoms with van der Waals surface area (Å²) < 4.78 is 0. The van der Waals surface area contributed by atoms with Gasteiger partial charge in [-0.05, 0) is 29.8 Å². The Morgan fingerprint density at radius 2 is 1.90 bits per heavy atom. The normalized spacial score (nSPS) is 16.7. The zero-order valence-corrected chi connectivity index (χ0v) is 11.2. The maximum atomic E-state index is 12.4. The molecular formula is C17H13NO3. The average molecular weight is 279 g/mol. The van der Waals surface area contributed by atoms with Crippen LogP contribution in [0, 0.1) is 0 Å². The van der Waals surface area contributed by atoms with Gasteiger partial charge in [0.25, 0.3) is 11.8 Å². The lowest BCUT2D eigenvalue weighted by Gasteiger charge is -2.18. The summed E-state index contributed by atoms with van der Waals surface area (Å²) in [5.74, 6) is -0.994. The van der Waals surface area contributed by atoms with Gasteiger partial charge in [-0.25, -0.2) is 4.90 Å². The third kappa shape index (κ3) is 2.06. The number of hydrogen-bond acceptors (Lipinski definition) is 3. The third-order valence-electron chi connectivity index (χ3n) is 3.52. The van der Waals surface area contributed by atoms with Crippen LogP contribution in [0.2, 0.25) is 0 Å². The number of benzene rings is 2. The Balaban J connectivity index is 2.02. The number of carbonyl (C=O) groups is 2. The molecule has 0 bridgehead atoms. The van der Waals surface area contributed by atoms with Crippen LogP contribution in [0.4, 0.5) is 0 Å². The van der Waals surface area contributed by atoms with Crippen LogP contribution in [-0.2, 0) is 0 Å². The van der Waals surface area contributed by atoms with Gasteiger partial charge >= 0.3 is 0 Å². The van der Waals surface area contributed by atoms with Gasteiger partial charge in [0, 0.05) is 16.7 Å². The lowest BCUT2D eigenvalue weighted by Crippen LogP contribution is -2.34. The van der Waals surface area contributed by atoms with Gasteiger partial charge in [0.15, 0.2) is 6.23 Å². The van der Waals surface area contributed by atoms with E-state index in [9.17, 15) is 14.7 Å². The minimum Gasteiger partial charge on any atom is -0.369 e. The van der Waals surface area contributed by atoms with E-state index in [-0.39, 0.29) is 0 Å². The Labute approximate surface area is 121 Å². The predicted molar refractivity (Wildman–Crippen MR) is 78.4 cm³/mol. The number of hydrogen-bond donors (Lipinski definition) is 1. The van der Waals surface area contributed by atoms with Gasteiger partial charge in [0.05, 0.1) is 0 Å².